The summed E-state index contributed by atoms with van der Waals surface area (Å²) in [4.78, 5) is 52.8. The first-order valence-electron chi connectivity index (χ1n) is 12.4. The van der Waals surface area contributed by atoms with E-state index in [4.69, 9.17) is 18.0 Å². The smallest absolute Gasteiger partial charge is 0.287 e. The number of carbonyl (C=O) groups excluding carboxylic acids is 4. The number of amides is 3. The molecule has 0 radical (unpaired) electrons. The van der Waals surface area contributed by atoms with E-state index in [-0.39, 0.29) is 28.7 Å². The number of nitrogens with one attached hydrogen (secondary N) is 3. The fourth-order valence-electron chi connectivity index (χ4n) is 5.12. The van der Waals surface area contributed by atoms with Gasteiger partial charge in [-0.1, -0.05) is 48.0 Å². The lowest BCUT2D eigenvalue weighted by atomic mass is 9.85. The summed E-state index contributed by atoms with van der Waals surface area (Å²) in [5.74, 6) is -2.39. The van der Waals surface area contributed by atoms with E-state index in [0.717, 1.165) is 0 Å². The number of primary amides is 1. The Bertz CT molecular complexity index is 889. The van der Waals surface area contributed by atoms with Gasteiger partial charge in [0.05, 0.1) is 6.04 Å². The number of thiocarbonyl (C=S) groups is 1. The molecule has 0 bridgehead atoms. The Morgan fingerprint density at radius 3 is 2.11 bits per heavy atom. The third-order valence-corrected chi connectivity index (χ3v) is 7.31. The van der Waals surface area contributed by atoms with E-state index >= 15 is 0 Å². The van der Waals surface area contributed by atoms with E-state index in [1.54, 1.807) is 4.90 Å². The Kier molecular flexibility index (Phi) is 8.31. The molecule has 35 heavy (non-hydrogen) atoms. The first kappa shape index (κ1) is 29.0. The second-order valence-electron chi connectivity index (χ2n) is 12.6. The third-order valence-electron chi connectivity index (χ3n) is 7.09. The molecule has 2 fully saturated rings. The molecule has 1 heterocycles. The molecule has 1 saturated heterocycles. The number of Topliss-reactive ketones (excluding diaryl/α,β-unsaturated/α-hetero) is 1. The molecule has 2 aliphatic rings. The van der Waals surface area contributed by atoms with Crippen molar-refractivity contribution in [2.75, 3.05) is 6.54 Å². The van der Waals surface area contributed by atoms with Gasteiger partial charge in [-0.05, 0) is 62.1 Å². The number of nitrogens with zero attached hydrogens (tertiary/aromatic N) is 1. The van der Waals surface area contributed by atoms with Crippen LogP contribution in [-0.2, 0) is 19.2 Å². The molecule has 0 aromatic rings. The van der Waals surface area contributed by atoms with Crippen LogP contribution in [-0.4, -0.2) is 63.7 Å². The summed E-state index contributed by atoms with van der Waals surface area (Å²) in [6.45, 7) is 18.2. The van der Waals surface area contributed by atoms with Crippen LogP contribution >= 0.6 is 12.2 Å². The lowest BCUT2D eigenvalue weighted by molar-refractivity contribution is -0.145. The molecule has 5 N–H and O–H groups in total. The molecular weight excluding hydrogens is 466 g/mol. The second kappa shape index (κ2) is 10.0. The topological polar surface area (TPSA) is 134 Å². The van der Waals surface area contributed by atoms with E-state index in [0.29, 0.717) is 24.5 Å². The van der Waals surface area contributed by atoms with Gasteiger partial charge in [0, 0.05) is 12.1 Å². The Morgan fingerprint density at radius 2 is 1.66 bits per heavy atom. The van der Waals surface area contributed by atoms with Crippen molar-refractivity contribution in [1.82, 2.24) is 20.9 Å². The number of ketones is 1. The molecule has 0 spiro atoms. The SMILES string of the molecule is CCCC(NC(=O)[C@@H]1[C@@H]2[C@H](CN1C(=O)[C@@H](NC(=S)NC(C)(C)C)C(C)(C)C)C2(C)C)C(=O)C(N)=O. The molecule has 0 aromatic heterocycles. The first-order valence-corrected chi connectivity index (χ1v) is 12.8. The highest BCUT2D eigenvalue weighted by Gasteiger charge is 2.69. The Balaban J connectivity index is 2.31. The fraction of sp³-hybridized carbons (Fsp3) is 0.800. The van der Waals surface area contributed by atoms with Crippen molar-refractivity contribution < 1.29 is 19.2 Å². The Hall–Kier alpha value is -2.23. The molecule has 1 aliphatic heterocycles. The lowest BCUT2D eigenvalue weighted by Gasteiger charge is -2.39. The maximum Gasteiger partial charge on any atom is 0.287 e. The minimum atomic E-state index is -1.08. The predicted molar refractivity (Wildman–Crippen MR) is 139 cm³/mol. The molecule has 1 saturated carbocycles. The monoisotopic (exact) mass is 509 g/mol. The summed E-state index contributed by atoms with van der Waals surface area (Å²) in [7, 11) is 0. The zero-order valence-corrected chi connectivity index (χ0v) is 23.4. The molecule has 1 unspecified atom stereocenters. The molecule has 9 nitrogen and oxygen atoms in total. The maximum absolute atomic E-state index is 13.9. The minimum absolute atomic E-state index is 0.0299. The highest BCUT2D eigenvalue weighted by molar-refractivity contribution is 7.80. The van der Waals surface area contributed by atoms with E-state index in [9.17, 15) is 19.2 Å². The summed E-state index contributed by atoms with van der Waals surface area (Å²) in [5, 5.41) is 9.46. The van der Waals surface area contributed by atoms with Crippen LogP contribution in [0.1, 0.15) is 75.2 Å². The number of likely N-dealkylation sites (tertiary alicyclic amines) is 1. The van der Waals surface area contributed by atoms with Crippen molar-refractivity contribution in [2.45, 2.75) is 98.8 Å². The Morgan fingerprint density at radius 1 is 1.09 bits per heavy atom. The van der Waals surface area contributed by atoms with Gasteiger partial charge >= 0.3 is 0 Å². The highest BCUT2D eigenvalue weighted by atomic mass is 32.1. The van der Waals surface area contributed by atoms with Gasteiger partial charge in [0.25, 0.3) is 5.91 Å². The lowest BCUT2D eigenvalue weighted by Crippen LogP contribution is -2.62. The van der Waals surface area contributed by atoms with Gasteiger partial charge in [0.15, 0.2) is 5.11 Å². The molecule has 0 aromatic carbocycles. The Labute approximate surface area is 214 Å². The second-order valence-corrected chi connectivity index (χ2v) is 13.0. The van der Waals surface area contributed by atoms with Crippen molar-refractivity contribution in [2.24, 2.45) is 28.4 Å². The van der Waals surface area contributed by atoms with Crippen molar-refractivity contribution in [3.05, 3.63) is 0 Å². The van der Waals surface area contributed by atoms with E-state index in [1.165, 1.54) is 0 Å². The number of carbonyl (C=O) groups is 4. The largest absolute Gasteiger partial charge is 0.363 e. The van der Waals surface area contributed by atoms with E-state index in [2.05, 4.69) is 29.8 Å². The zero-order chi connectivity index (χ0) is 27.1. The number of rotatable bonds is 8. The first-order chi connectivity index (χ1) is 15.8. The highest BCUT2D eigenvalue weighted by Crippen LogP contribution is 2.65. The number of piperidine rings is 1. The molecule has 3 amide bonds. The third kappa shape index (κ3) is 6.51. The average Bonchev–Trinajstić information content (AvgIpc) is 3.03. The summed E-state index contributed by atoms with van der Waals surface area (Å²) >= 11 is 5.48. The molecule has 2 rings (SSSR count). The quantitative estimate of drug-likeness (QED) is 0.288. The molecule has 10 heteroatoms. The fourth-order valence-corrected chi connectivity index (χ4v) is 5.55. The van der Waals surface area contributed by atoms with Gasteiger partial charge in [-0.25, -0.2) is 0 Å². The van der Waals surface area contributed by atoms with Crippen molar-refractivity contribution >= 4 is 40.8 Å². The van der Waals surface area contributed by atoms with Gasteiger partial charge in [0.1, 0.15) is 12.1 Å². The van der Waals surface area contributed by atoms with Crippen LogP contribution in [0.2, 0.25) is 0 Å². The normalized spacial score (nSPS) is 24.6. The van der Waals surface area contributed by atoms with Crippen LogP contribution in [0.15, 0.2) is 0 Å². The number of hydrogen-bond acceptors (Lipinski definition) is 5. The van der Waals surface area contributed by atoms with Gasteiger partial charge in [-0.2, -0.15) is 0 Å². The van der Waals surface area contributed by atoms with Crippen LogP contribution in [0.5, 0.6) is 0 Å². The van der Waals surface area contributed by atoms with Gasteiger partial charge in [0.2, 0.25) is 17.6 Å². The van der Waals surface area contributed by atoms with E-state index in [1.807, 2.05) is 48.5 Å². The number of nitrogens with two attached hydrogens (primary N) is 1. The van der Waals surface area contributed by atoms with Crippen LogP contribution in [0.25, 0.3) is 0 Å². The average molecular weight is 510 g/mol. The molecule has 5 atom stereocenters. The summed E-state index contributed by atoms with van der Waals surface area (Å²) in [5.41, 5.74) is 4.33. The minimum Gasteiger partial charge on any atom is -0.363 e. The molecule has 1 aliphatic carbocycles. The molecule has 198 valence electrons. The zero-order valence-electron chi connectivity index (χ0n) is 22.6. The van der Waals surface area contributed by atoms with Crippen molar-refractivity contribution in [3.63, 3.8) is 0 Å². The van der Waals surface area contributed by atoms with Crippen LogP contribution < -0.4 is 21.7 Å². The van der Waals surface area contributed by atoms with Crippen molar-refractivity contribution in [3.8, 4) is 0 Å². The standard InChI is InChI=1S/C25H43N5O4S/c1-10-11-14(17(31)19(26)32)27-20(33)16-15-13(25(15,8)9)12-30(16)21(34)18(23(2,3)4)28-22(35)29-24(5,6)7/h13-16,18H,10-12H2,1-9H3,(H2,26,32)(H,27,33)(H2,28,29,35)/t13-,14?,15-,16-,18+/m0/s1. The van der Waals surface area contributed by atoms with Crippen molar-refractivity contribution in [1.29, 1.82) is 0 Å². The summed E-state index contributed by atoms with van der Waals surface area (Å²) in [6, 6.07) is -2.40. The number of fused-ring (bicyclic) bond motifs is 1. The predicted octanol–water partition coefficient (Wildman–Crippen LogP) is 1.49. The number of hydrogen-bond donors (Lipinski definition) is 4. The van der Waals surface area contributed by atoms with Gasteiger partial charge in [-0.3, -0.25) is 19.2 Å². The van der Waals surface area contributed by atoms with Gasteiger partial charge < -0.3 is 26.6 Å². The van der Waals surface area contributed by atoms with Gasteiger partial charge in [-0.15, -0.1) is 0 Å². The maximum atomic E-state index is 13.9. The van der Waals surface area contributed by atoms with Crippen LogP contribution in [0.4, 0.5) is 0 Å². The molecular formula is C25H43N5O4S. The van der Waals surface area contributed by atoms with Crippen LogP contribution in [0.3, 0.4) is 0 Å². The van der Waals surface area contributed by atoms with E-state index < -0.39 is 41.1 Å². The summed E-state index contributed by atoms with van der Waals surface area (Å²) in [6.07, 6.45) is 0.883. The summed E-state index contributed by atoms with van der Waals surface area (Å²) < 4.78 is 0. The van der Waals surface area contributed by atoms with Crippen LogP contribution in [0, 0.1) is 22.7 Å².